The molecule has 1 aromatic rings. The molecule has 0 aliphatic rings. The molecule has 15 heavy (non-hydrogen) atoms. The Bertz CT molecular complexity index is 276. The highest BCUT2D eigenvalue weighted by Gasteiger charge is 2.00. The zero-order chi connectivity index (χ0) is 10.9. The Kier molecular flexibility index (Phi) is 5.81. The predicted octanol–water partition coefficient (Wildman–Crippen LogP) is 1.82. The molecule has 3 nitrogen and oxygen atoms in total. The van der Waals surface area contributed by atoms with Crippen molar-refractivity contribution in [2.45, 2.75) is 13.0 Å². The van der Waals surface area contributed by atoms with Crippen molar-refractivity contribution in [3.8, 4) is 5.75 Å². The van der Waals surface area contributed by atoms with Crippen LogP contribution in [0.15, 0.2) is 24.3 Å². The first kappa shape index (κ1) is 12.0. The van der Waals surface area contributed by atoms with Crippen molar-refractivity contribution in [2.75, 3.05) is 27.4 Å². The highest BCUT2D eigenvalue weighted by Crippen LogP contribution is 2.17. The van der Waals surface area contributed by atoms with E-state index in [-0.39, 0.29) is 0 Å². The first-order valence-corrected chi connectivity index (χ1v) is 5.22. The van der Waals surface area contributed by atoms with Gasteiger partial charge >= 0.3 is 0 Å². The van der Waals surface area contributed by atoms with Crippen LogP contribution in [0.2, 0.25) is 0 Å². The lowest BCUT2D eigenvalue weighted by Crippen LogP contribution is -2.08. The van der Waals surface area contributed by atoms with E-state index in [0.29, 0.717) is 6.61 Å². The van der Waals surface area contributed by atoms with Gasteiger partial charge in [-0.05, 0) is 13.1 Å². The van der Waals surface area contributed by atoms with E-state index in [1.54, 1.807) is 7.11 Å². The summed E-state index contributed by atoms with van der Waals surface area (Å²) in [4.78, 5) is 0. The summed E-state index contributed by atoms with van der Waals surface area (Å²) in [6.07, 6.45) is 0.921. The Morgan fingerprint density at radius 3 is 2.73 bits per heavy atom. The number of nitrogens with one attached hydrogen (secondary N) is 1. The van der Waals surface area contributed by atoms with Crippen molar-refractivity contribution in [1.29, 1.82) is 0 Å². The molecule has 0 atom stereocenters. The lowest BCUT2D eigenvalue weighted by Gasteiger charge is -2.10. The first-order valence-electron chi connectivity index (χ1n) is 5.22. The van der Waals surface area contributed by atoms with Crippen LogP contribution < -0.4 is 10.1 Å². The van der Waals surface area contributed by atoms with E-state index in [0.717, 1.165) is 25.3 Å². The fourth-order valence-electron chi connectivity index (χ4n) is 1.37. The average molecular weight is 209 g/mol. The van der Waals surface area contributed by atoms with Crippen molar-refractivity contribution < 1.29 is 9.47 Å². The maximum Gasteiger partial charge on any atom is 0.123 e. The van der Waals surface area contributed by atoms with E-state index in [2.05, 4.69) is 11.4 Å². The Morgan fingerprint density at radius 1 is 1.20 bits per heavy atom. The van der Waals surface area contributed by atoms with Crippen LogP contribution in [0.4, 0.5) is 0 Å². The van der Waals surface area contributed by atoms with Crippen LogP contribution >= 0.6 is 0 Å². The van der Waals surface area contributed by atoms with Crippen LogP contribution in [-0.4, -0.2) is 27.4 Å². The maximum absolute atomic E-state index is 5.67. The van der Waals surface area contributed by atoms with Gasteiger partial charge in [0.25, 0.3) is 0 Å². The van der Waals surface area contributed by atoms with Gasteiger partial charge in [0.2, 0.25) is 0 Å². The van der Waals surface area contributed by atoms with E-state index in [1.807, 2.05) is 25.2 Å². The molecule has 0 aliphatic carbocycles. The smallest absolute Gasteiger partial charge is 0.123 e. The van der Waals surface area contributed by atoms with Gasteiger partial charge in [0.15, 0.2) is 0 Å². The number of benzene rings is 1. The standard InChI is InChI=1S/C12H19NO2/c1-13-10-11-6-3-4-7-12(11)15-9-5-8-14-2/h3-4,6-7,13H,5,8-10H2,1-2H3. The van der Waals surface area contributed by atoms with Gasteiger partial charge in [0.05, 0.1) is 6.61 Å². The van der Waals surface area contributed by atoms with Crippen LogP contribution in [-0.2, 0) is 11.3 Å². The number of rotatable bonds is 7. The maximum atomic E-state index is 5.67. The normalized spacial score (nSPS) is 10.3. The van der Waals surface area contributed by atoms with Gasteiger partial charge in [-0.25, -0.2) is 0 Å². The lowest BCUT2D eigenvalue weighted by molar-refractivity contribution is 0.172. The summed E-state index contributed by atoms with van der Waals surface area (Å²) < 4.78 is 10.6. The Morgan fingerprint density at radius 2 is 2.00 bits per heavy atom. The Labute approximate surface area is 91.4 Å². The van der Waals surface area contributed by atoms with Crippen LogP contribution in [0.25, 0.3) is 0 Å². The zero-order valence-corrected chi connectivity index (χ0v) is 9.45. The molecule has 84 valence electrons. The molecule has 1 aromatic carbocycles. The lowest BCUT2D eigenvalue weighted by atomic mass is 10.2. The second-order valence-corrected chi connectivity index (χ2v) is 3.33. The summed E-state index contributed by atoms with van der Waals surface area (Å²) in [5, 5.41) is 3.12. The first-order chi connectivity index (χ1) is 7.38. The third-order valence-corrected chi connectivity index (χ3v) is 2.09. The minimum Gasteiger partial charge on any atom is -0.493 e. The third kappa shape index (κ3) is 4.32. The second-order valence-electron chi connectivity index (χ2n) is 3.33. The summed E-state index contributed by atoms with van der Waals surface area (Å²) in [7, 11) is 3.64. The molecule has 1 rings (SSSR count). The van der Waals surface area contributed by atoms with Crippen LogP contribution in [0.1, 0.15) is 12.0 Å². The quantitative estimate of drug-likeness (QED) is 0.695. The second kappa shape index (κ2) is 7.26. The van der Waals surface area contributed by atoms with Gasteiger partial charge in [-0.1, -0.05) is 18.2 Å². The van der Waals surface area contributed by atoms with E-state index in [1.165, 1.54) is 5.56 Å². The largest absolute Gasteiger partial charge is 0.493 e. The topological polar surface area (TPSA) is 30.5 Å². The summed E-state index contributed by atoms with van der Waals surface area (Å²) in [6.45, 7) is 2.28. The number of para-hydroxylation sites is 1. The molecule has 0 heterocycles. The van der Waals surface area contributed by atoms with E-state index in [9.17, 15) is 0 Å². The molecule has 1 N–H and O–H groups in total. The van der Waals surface area contributed by atoms with Crippen molar-refractivity contribution in [3.63, 3.8) is 0 Å². The number of ether oxygens (including phenoxy) is 2. The number of methoxy groups -OCH3 is 1. The average Bonchev–Trinajstić information content (AvgIpc) is 2.27. The molecular formula is C12H19NO2. The van der Waals surface area contributed by atoms with Crippen LogP contribution in [0, 0.1) is 0 Å². The molecule has 0 aromatic heterocycles. The fraction of sp³-hybridized carbons (Fsp3) is 0.500. The molecular weight excluding hydrogens is 190 g/mol. The highest BCUT2D eigenvalue weighted by atomic mass is 16.5. The van der Waals surface area contributed by atoms with Crippen LogP contribution in [0.5, 0.6) is 5.75 Å². The number of hydrogen-bond donors (Lipinski definition) is 1. The summed E-state index contributed by atoms with van der Waals surface area (Å²) in [5.41, 5.74) is 1.19. The minimum absolute atomic E-state index is 0.703. The van der Waals surface area contributed by atoms with Gasteiger partial charge in [0.1, 0.15) is 5.75 Å². The van der Waals surface area contributed by atoms with Crippen molar-refractivity contribution in [1.82, 2.24) is 5.32 Å². The zero-order valence-electron chi connectivity index (χ0n) is 9.45. The minimum atomic E-state index is 0.703. The van der Waals surface area contributed by atoms with Crippen molar-refractivity contribution in [2.24, 2.45) is 0 Å². The summed E-state index contributed by atoms with van der Waals surface area (Å²) >= 11 is 0. The van der Waals surface area contributed by atoms with E-state index >= 15 is 0 Å². The van der Waals surface area contributed by atoms with Crippen molar-refractivity contribution in [3.05, 3.63) is 29.8 Å². The van der Waals surface area contributed by atoms with Gasteiger partial charge in [-0.3, -0.25) is 0 Å². The molecule has 0 unspecified atom stereocenters. The third-order valence-electron chi connectivity index (χ3n) is 2.09. The molecule has 0 bridgehead atoms. The summed E-state index contributed by atoms with van der Waals surface area (Å²) in [6, 6.07) is 8.08. The number of hydrogen-bond acceptors (Lipinski definition) is 3. The van der Waals surface area contributed by atoms with Gasteiger partial charge < -0.3 is 14.8 Å². The Hall–Kier alpha value is -1.06. The van der Waals surface area contributed by atoms with Crippen LogP contribution in [0.3, 0.4) is 0 Å². The predicted molar refractivity (Wildman–Crippen MR) is 61.2 cm³/mol. The summed E-state index contributed by atoms with van der Waals surface area (Å²) in [5.74, 6) is 0.961. The van der Waals surface area contributed by atoms with Crippen molar-refractivity contribution >= 4 is 0 Å². The van der Waals surface area contributed by atoms with E-state index in [4.69, 9.17) is 9.47 Å². The molecule has 0 aliphatic heterocycles. The fourth-order valence-corrected chi connectivity index (χ4v) is 1.37. The molecule has 3 heteroatoms. The van der Waals surface area contributed by atoms with E-state index < -0.39 is 0 Å². The SMILES string of the molecule is CNCc1ccccc1OCCCOC. The highest BCUT2D eigenvalue weighted by molar-refractivity contribution is 5.33. The molecule has 0 saturated carbocycles. The monoisotopic (exact) mass is 209 g/mol. The molecule has 0 spiro atoms. The molecule has 0 saturated heterocycles. The molecule has 0 fully saturated rings. The molecule has 0 radical (unpaired) electrons. The van der Waals surface area contributed by atoms with Gasteiger partial charge in [-0.2, -0.15) is 0 Å². The van der Waals surface area contributed by atoms with Gasteiger partial charge in [0, 0.05) is 32.2 Å². The Balaban J connectivity index is 2.44. The van der Waals surface area contributed by atoms with Gasteiger partial charge in [-0.15, -0.1) is 0 Å². The molecule has 0 amide bonds.